The Hall–Kier alpha value is -1.36. The van der Waals surface area contributed by atoms with Gasteiger partial charge in [0.05, 0.1) is 6.20 Å². The van der Waals surface area contributed by atoms with Crippen molar-refractivity contribution in [3.05, 3.63) is 18.0 Å². The number of nitrogens with two attached hydrogens (primary N) is 1. The van der Waals surface area contributed by atoms with Crippen molar-refractivity contribution >= 4 is 5.91 Å². The number of carbonyl (C=O) groups excluding carboxylic acids is 1. The van der Waals surface area contributed by atoms with Crippen molar-refractivity contribution in [1.29, 1.82) is 0 Å². The number of aromatic nitrogens is 2. The fraction of sp³-hybridized carbons (Fsp3) is 0.667. The van der Waals surface area contributed by atoms with E-state index >= 15 is 0 Å². The Morgan fingerprint density at radius 3 is 2.71 bits per heavy atom. The molecule has 1 unspecified atom stereocenters. The Balaban J connectivity index is 2.47. The van der Waals surface area contributed by atoms with Crippen molar-refractivity contribution in [3.8, 4) is 0 Å². The summed E-state index contributed by atoms with van der Waals surface area (Å²) in [6.45, 7) is 4.63. The first-order valence-electron chi connectivity index (χ1n) is 5.87. The summed E-state index contributed by atoms with van der Waals surface area (Å²) in [5.41, 5.74) is 6.92. The van der Waals surface area contributed by atoms with Crippen LogP contribution in [0.25, 0.3) is 0 Å². The molecule has 1 amide bonds. The molecule has 0 fully saturated rings. The normalized spacial score (nSPS) is 12.8. The summed E-state index contributed by atoms with van der Waals surface area (Å²) in [6.07, 6.45) is 4.08. The predicted molar refractivity (Wildman–Crippen MR) is 67.1 cm³/mol. The summed E-state index contributed by atoms with van der Waals surface area (Å²) in [5.74, 6) is 0.404. The third kappa shape index (κ3) is 4.19. The van der Waals surface area contributed by atoms with Crippen LogP contribution in [0.1, 0.15) is 25.8 Å². The number of nitrogens with zero attached hydrogens (tertiary/aromatic N) is 3. The molecule has 0 aliphatic carbocycles. The zero-order chi connectivity index (χ0) is 13.0. The van der Waals surface area contributed by atoms with Gasteiger partial charge in [0.15, 0.2) is 0 Å². The molecule has 1 atom stereocenters. The van der Waals surface area contributed by atoms with Gasteiger partial charge in [-0.05, 0) is 5.92 Å². The van der Waals surface area contributed by atoms with Gasteiger partial charge in [-0.2, -0.15) is 5.10 Å². The molecule has 0 bridgehead atoms. The van der Waals surface area contributed by atoms with Gasteiger partial charge in [-0.3, -0.25) is 9.48 Å². The maximum Gasteiger partial charge on any atom is 0.224 e. The Morgan fingerprint density at radius 2 is 2.24 bits per heavy atom. The van der Waals surface area contributed by atoms with Crippen LogP contribution < -0.4 is 5.73 Å². The van der Waals surface area contributed by atoms with E-state index in [-0.39, 0.29) is 11.9 Å². The second-order valence-corrected chi connectivity index (χ2v) is 4.88. The van der Waals surface area contributed by atoms with Gasteiger partial charge in [0.2, 0.25) is 5.91 Å². The average molecular weight is 238 g/mol. The summed E-state index contributed by atoms with van der Waals surface area (Å²) in [4.78, 5) is 13.6. The number of hydrogen-bond donors (Lipinski definition) is 1. The third-order valence-electron chi connectivity index (χ3n) is 2.87. The quantitative estimate of drug-likeness (QED) is 0.823. The van der Waals surface area contributed by atoms with E-state index in [1.54, 1.807) is 22.8 Å². The highest BCUT2D eigenvalue weighted by atomic mass is 16.2. The topological polar surface area (TPSA) is 64.2 Å². The van der Waals surface area contributed by atoms with Crippen molar-refractivity contribution < 1.29 is 4.79 Å². The fourth-order valence-electron chi connectivity index (χ4n) is 1.51. The predicted octanol–water partition coefficient (Wildman–Crippen LogP) is 0.752. The summed E-state index contributed by atoms with van der Waals surface area (Å²) < 4.78 is 1.73. The first-order chi connectivity index (χ1) is 7.90. The lowest BCUT2D eigenvalue weighted by molar-refractivity contribution is -0.131. The van der Waals surface area contributed by atoms with Gasteiger partial charge in [0.1, 0.15) is 0 Å². The van der Waals surface area contributed by atoms with Gasteiger partial charge >= 0.3 is 0 Å². The lowest BCUT2D eigenvalue weighted by Crippen LogP contribution is -2.35. The molecule has 1 rings (SSSR count). The number of carbonyl (C=O) groups is 1. The Bertz CT molecular complexity index is 372. The van der Waals surface area contributed by atoms with E-state index in [0.717, 1.165) is 5.56 Å². The highest BCUT2D eigenvalue weighted by Crippen LogP contribution is 2.07. The molecule has 0 radical (unpaired) electrons. The molecule has 1 heterocycles. The number of hydrogen-bond acceptors (Lipinski definition) is 3. The van der Waals surface area contributed by atoms with Crippen molar-refractivity contribution in [2.75, 3.05) is 7.05 Å². The fourth-order valence-corrected chi connectivity index (χ4v) is 1.51. The van der Waals surface area contributed by atoms with Crippen LogP contribution in [0.2, 0.25) is 0 Å². The van der Waals surface area contributed by atoms with Gasteiger partial charge < -0.3 is 10.6 Å². The van der Waals surface area contributed by atoms with Crippen LogP contribution in [0.4, 0.5) is 0 Å². The van der Waals surface area contributed by atoms with Crippen molar-refractivity contribution in [2.45, 2.75) is 32.9 Å². The van der Waals surface area contributed by atoms with Crippen molar-refractivity contribution in [2.24, 2.45) is 18.7 Å². The standard InChI is InChI=1S/C12H22N4O/c1-9(2)11(13)5-12(17)15(3)7-10-6-14-16(4)8-10/h6,8-9,11H,5,7,13H2,1-4H3. The lowest BCUT2D eigenvalue weighted by atomic mass is 10.0. The highest BCUT2D eigenvalue weighted by Gasteiger charge is 2.16. The molecule has 2 N–H and O–H groups in total. The van der Waals surface area contributed by atoms with Crippen LogP contribution in [0.3, 0.4) is 0 Å². The van der Waals surface area contributed by atoms with E-state index in [0.29, 0.717) is 18.9 Å². The first kappa shape index (κ1) is 13.7. The molecule has 1 aromatic rings. The number of rotatable bonds is 5. The van der Waals surface area contributed by atoms with Gasteiger partial charge in [-0.1, -0.05) is 13.8 Å². The largest absolute Gasteiger partial charge is 0.341 e. The maximum absolute atomic E-state index is 11.9. The minimum atomic E-state index is -0.0705. The van der Waals surface area contributed by atoms with E-state index in [4.69, 9.17) is 5.73 Å². The van der Waals surface area contributed by atoms with Crippen LogP contribution in [0, 0.1) is 5.92 Å². The molecule has 5 nitrogen and oxygen atoms in total. The molecule has 0 aliphatic rings. The van der Waals surface area contributed by atoms with Crippen LogP contribution in [0.15, 0.2) is 12.4 Å². The van der Waals surface area contributed by atoms with Crippen LogP contribution in [-0.2, 0) is 18.4 Å². The summed E-state index contributed by atoms with van der Waals surface area (Å²) in [5, 5.41) is 4.07. The van der Waals surface area contributed by atoms with E-state index in [1.807, 2.05) is 27.1 Å². The Morgan fingerprint density at radius 1 is 1.59 bits per heavy atom. The van der Waals surface area contributed by atoms with E-state index in [2.05, 4.69) is 5.10 Å². The van der Waals surface area contributed by atoms with Gasteiger partial charge in [-0.25, -0.2) is 0 Å². The van der Waals surface area contributed by atoms with Crippen LogP contribution >= 0.6 is 0 Å². The van der Waals surface area contributed by atoms with Gasteiger partial charge in [-0.15, -0.1) is 0 Å². The molecule has 0 saturated carbocycles. The van der Waals surface area contributed by atoms with Gasteiger partial charge in [0.25, 0.3) is 0 Å². The zero-order valence-electron chi connectivity index (χ0n) is 11.1. The summed E-state index contributed by atoms with van der Waals surface area (Å²) in [7, 11) is 3.66. The van der Waals surface area contributed by atoms with Gasteiger partial charge in [0, 0.05) is 44.9 Å². The molecule has 96 valence electrons. The third-order valence-corrected chi connectivity index (χ3v) is 2.87. The molecular formula is C12H22N4O. The molecule has 0 aliphatic heterocycles. The molecule has 5 heteroatoms. The van der Waals surface area contributed by atoms with Crippen LogP contribution in [-0.4, -0.2) is 33.7 Å². The van der Waals surface area contributed by atoms with Crippen molar-refractivity contribution in [1.82, 2.24) is 14.7 Å². The van der Waals surface area contributed by atoms with E-state index < -0.39 is 0 Å². The average Bonchev–Trinajstić information content (AvgIpc) is 2.63. The number of aryl methyl sites for hydroxylation is 1. The zero-order valence-corrected chi connectivity index (χ0v) is 11.1. The summed E-state index contributed by atoms with van der Waals surface area (Å²) in [6, 6.07) is -0.0705. The second kappa shape index (κ2) is 5.82. The Labute approximate surface area is 103 Å². The molecule has 0 saturated heterocycles. The monoisotopic (exact) mass is 238 g/mol. The molecule has 1 aromatic heterocycles. The number of amides is 1. The SMILES string of the molecule is CC(C)C(N)CC(=O)N(C)Cc1cnn(C)c1. The summed E-state index contributed by atoms with van der Waals surface area (Å²) >= 11 is 0. The Kier molecular flexibility index (Phi) is 4.69. The molecule has 17 heavy (non-hydrogen) atoms. The van der Waals surface area contributed by atoms with Crippen LogP contribution in [0.5, 0.6) is 0 Å². The molecule has 0 aromatic carbocycles. The first-order valence-corrected chi connectivity index (χ1v) is 5.87. The minimum absolute atomic E-state index is 0.0705. The lowest BCUT2D eigenvalue weighted by Gasteiger charge is -2.20. The van der Waals surface area contributed by atoms with E-state index in [1.165, 1.54) is 0 Å². The maximum atomic E-state index is 11.9. The van der Waals surface area contributed by atoms with E-state index in [9.17, 15) is 4.79 Å². The molecular weight excluding hydrogens is 216 g/mol. The van der Waals surface area contributed by atoms with Crippen molar-refractivity contribution in [3.63, 3.8) is 0 Å². The highest BCUT2D eigenvalue weighted by molar-refractivity contribution is 5.76. The smallest absolute Gasteiger partial charge is 0.224 e. The minimum Gasteiger partial charge on any atom is -0.341 e. The molecule has 0 spiro atoms. The second-order valence-electron chi connectivity index (χ2n) is 4.88.